The van der Waals surface area contributed by atoms with E-state index in [4.69, 9.17) is 26.1 Å². The van der Waals surface area contributed by atoms with Crippen LogP contribution in [0, 0.1) is 71.3 Å². The molecule has 4 saturated carbocycles. The summed E-state index contributed by atoms with van der Waals surface area (Å²) in [5.41, 5.74) is 6.92. The summed E-state index contributed by atoms with van der Waals surface area (Å²) in [5.74, 6) is 15.7. The lowest BCUT2D eigenvalue weighted by atomic mass is 9.87. The lowest BCUT2D eigenvalue weighted by molar-refractivity contribution is 0.0870. The molecule has 0 aromatic heterocycles. The van der Waals surface area contributed by atoms with Crippen LogP contribution in [0.4, 0.5) is 0 Å². The Morgan fingerprint density at radius 3 is 0.962 bits per heavy atom. The highest BCUT2D eigenvalue weighted by atomic mass is 28.4. The predicted molar refractivity (Wildman–Crippen MR) is 236 cm³/mol. The van der Waals surface area contributed by atoms with Crippen molar-refractivity contribution in [1.82, 2.24) is 0 Å². The van der Waals surface area contributed by atoms with Gasteiger partial charge in [-0.15, -0.1) is 42.1 Å². The fraction of sp³-hybridized carbons (Fsp3) is 0.833. The fourth-order valence-corrected chi connectivity index (χ4v) is 12.8. The van der Waals surface area contributed by atoms with E-state index in [2.05, 4.69) is 55.5 Å². The molecule has 0 bridgehead atoms. The highest BCUT2D eigenvalue weighted by Crippen LogP contribution is 2.28. The Bertz CT molecular complexity index is 1010. The van der Waals surface area contributed by atoms with Gasteiger partial charge in [-0.3, -0.25) is 0 Å². The van der Waals surface area contributed by atoms with Gasteiger partial charge in [-0.2, -0.15) is 0 Å². The first-order valence-electron chi connectivity index (χ1n) is 22.7. The molecule has 4 rings (SSSR count). The van der Waals surface area contributed by atoms with E-state index < -0.39 is 16.9 Å². The zero-order valence-corrected chi connectivity index (χ0v) is 37.9. The van der Waals surface area contributed by atoms with Crippen molar-refractivity contribution in [2.45, 2.75) is 214 Å². The monoisotopic (exact) mass is 765 g/mol. The van der Waals surface area contributed by atoms with Gasteiger partial charge in [-0.25, -0.2) is 0 Å². The average molecular weight is 765 g/mol. The maximum atomic E-state index is 5.72. The second-order valence-electron chi connectivity index (χ2n) is 16.0. The summed E-state index contributed by atoms with van der Waals surface area (Å²) in [6.45, 7) is 14.7. The summed E-state index contributed by atoms with van der Waals surface area (Å²) in [6, 6.07) is 4.03. The van der Waals surface area contributed by atoms with Gasteiger partial charge in [0.15, 0.2) is 0 Å². The Labute approximate surface area is 333 Å². The average Bonchev–Trinajstić information content (AvgIpc) is 3.20. The van der Waals surface area contributed by atoms with E-state index in [9.17, 15) is 0 Å². The number of terminal acetylenes is 2. The van der Waals surface area contributed by atoms with Crippen molar-refractivity contribution in [2.24, 2.45) is 23.7 Å². The van der Waals surface area contributed by atoms with E-state index in [-0.39, 0.29) is 0 Å². The molecule has 0 unspecified atom stereocenters. The topological polar surface area (TPSA) is 27.7 Å². The minimum Gasteiger partial charge on any atom is -0.364 e. The third-order valence-corrected chi connectivity index (χ3v) is 19.4. The third-order valence-electron chi connectivity index (χ3n) is 12.1. The molecule has 4 aliphatic carbocycles. The molecule has 0 spiro atoms. The summed E-state index contributed by atoms with van der Waals surface area (Å²) in [6.07, 6.45) is 42.6. The van der Waals surface area contributed by atoms with Crippen molar-refractivity contribution in [3.05, 3.63) is 0 Å². The normalized spacial score (nSPS) is 18.7. The minimum atomic E-state index is -2.74. The molecule has 0 saturated heterocycles. The molecule has 3 nitrogen and oxygen atoms in total. The highest BCUT2D eigenvalue weighted by molar-refractivity contribution is 6.87. The van der Waals surface area contributed by atoms with Crippen LogP contribution in [0.2, 0.25) is 18.1 Å². The van der Waals surface area contributed by atoms with Crippen LogP contribution in [0.15, 0.2) is 0 Å². The van der Waals surface area contributed by atoms with Crippen LogP contribution < -0.4 is 0 Å². The van der Waals surface area contributed by atoms with Crippen LogP contribution in [0.5, 0.6) is 0 Å². The predicted octanol–water partition coefficient (Wildman–Crippen LogP) is 13.7. The van der Waals surface area contributed by atoms with Gasteiger partial charge in [0, 0.05) is 45.5 Å². The zero-order chi connectivity index (χ0) is 38.9. The Kier molecular flexibility index (Phi) is 30.6. The van der Waals surface area contributed by atoms with Crippen LogP contribution in [0.25, 0.3) is 0 Å². The van der Waals surface area contributed by atoms with Crippen LogP contribution in [0.1, 0.15) is 196 Å². The molecule has 0 radical (unpaired) electrons. The van der Waals surface area contributed by atoms with E-state index in [1.54, 1.807) is 0 Å². The van der Waals surface area contributed by atoms with Crippen LogP contribution in [-0.4, -0.2) is 36.7 Å². The summed E-state index contributed by atoms with van der Waals surface area (Å²) >= 11 is 0. The van der Waals surface area contributed by atoms with Gasteiger partial charge in [-0.05, 0) is 119 Å². The summed E-state index contributed by atoms with van der Waals surface area (Å²) < 4.78 is 17.2. The molecule has 53 heavy (non-hydrogen) atoms. The Morgan fingerprint density at radius 2 is 0.698 bits per heavy atom. The highest BCUT2D eigenvalue weighted by Gasteiger charge is 2.39. The molecule has 0 amide bonds. The molecule has 302 valence electrons. The smallest absolute Gasteiger partial charge is 0.364 e. The largest absolute Gasteiger partial charge is 0.591 e. The van der Waals surface area contributed by atoms with E-state index in [0.29, 0.717) is 19.8 Å². The van der Waals surface area contributed by atoms with E-state index in [1.807, 2.05) is 20.8 Å². The van der Waals surface area contributed by atoms with Gasteiger partial charge in [0.25, 0.3) is 0 Å². The van der Waals surface area contributed by atoms with Gasteiger partial charge in [0.1, 0.15) is 8.07 Å². The molecule has 0 heterocycles. The molecule has 0 aliphatic heterocycles. The number of rotatable bonds is 13. The van der Waals surface area contributed by atoms with Crippen LogP contribution in [-0.2, 0) is 13.3 Å². The van der Waals surface area contributed by atoms with E-state index in [1.165, 1.54) is 153 Å². The summed E-state index contributed by atoms with van der Waals surface area (Å²) in [4.78, 5) is 0. The molecule has 0 aromatic rings. The van der Waals surface area contributed by atoms with Crippen molar-refractivity contribution in [2.75, 3.05) is 19.8 Å². The van der Waals surface area contributed by atoms with Gasteiger partial charge in [0.2, 0.25) is 0 Å². The molecule has 0 aromatic carbocycles. The van der Waals surface area contributed by atoms with Crippen molar-refractivity contribution in [3.8, 4) is 47.6 Å². The maximum Gasteiger partial charge on any atom is 0.591 e. The molecule has 0 atom stereocenters. The van der Waals surface area contributed by atoms with Gasteiger partial charge in [0.05, 0.1) is 0 Å². The van der Waals surface area contributed by atoms with Crippen molar-refractivity contribution >= 4 is 16.9 Å². The summed E-state index contributed by atoms with van der Waals surface area (Å²) in [7, 11) is -3.90. The van der Waals surface area contributed by atoms with E-state index >= 15 is 0 Å². The zero-order valence-electron chi connectivity index (χ0n) is 35.9. The lowest BCUT2D eigenvalue weighted by Gasteiger charge is -2.23. The van der Waals surface area contributed by atoms with Gasteiger partial charge >= 0.3 is 8.80 Å². The van der Waals surface area contributed by atoms with Gasteiger partial charge < -0.3 is 13.3 Å². The number of hydrogen-bond donors (Lipinski definition) is 0. The number of hydrogen-bond acceptors (Lipinski definition) is 3. The minimum absolute atomic E-state index is 0.588. The standard InChI is InChI=1S/C15H28O3Si.C15H28Si.2C9H14/c1-4-16-19(17-5-2,18-6-3)14-10-13-15-11-8-7-9-12-15;1-4-16(5-2,6-3)14-10-13-15-11-8-7-9-12-15;2*1-2-6-9-7-4-3-5-8-9/h15H,4-9,11-13H2,1-3H3;15H,4-9,11-13H2,1-3H3;2*1,9H,3-8H2. The third kappa shape index (κ3) is 23.3. The first-order chi connectivity index (χ1) is 25.9. The second-order valence-corrected chi connectivity index (χ2v) is 23.2. The fourth-order valence-electron chi connectivity index (χ4n) is 8.40. The van der Waals surface area contributed by atoms with Crippen molar-refractivity contribution in [3.63, 3.8) is 0 Å². The SMILES string of the molecule is C#CCC1CCCCC1.C#CCC1CCCCC1.CCO[Si](C#CCC1CCCCC1)(OCC)OCC.CC[Si](C#CCC1CCCCC1)(CC)CC. The molecular formula is C48H84O3Si2. The molecular weight excluding hydrogens is 681 g/mol. The van der Waals surface area contributed by atoms with Crippen molar-refractivity contribution in [1.29, 1.82) is 0 Å². The molecule has 5 heteroatoms. The first kappa shape index (κ1) is 49.6. The van der Waals surface area contributed by atoms with Crippen LogP contribution >= 0.6 is 0 Å². The second kappa shape index (κ2) is 32.8. The van der Waals surface area contributed by atoms with E-state index in [0.717, 1.165) is 42.9 Å². The molecule has 4 aliphatic rings. The Hall–Kier alpha value is -1.45. The Morgan fingerprint density at radius 1 is 0.415 bits per heavy atom. The van der Waals surface area contributed by atoms with Crippen LogP contribution in [0.3, 0.4) is 0 Å². The lowest BCUT2D eigenvalue weighted by Crippen LogP contribution is -2.45. The molecule has 4 fully saturated rings. The molecule has 0 N–H and O–H groups in total. The van der Waals surface area contributed by atoms with Gasteiger partial charge in [-0.1, -0.05) is 97.8 Å². The summed E-state index contributed by atoms with van der Waals surface area (Å²) in [5, 5.41) is 0. The first-order valence-corrected chi connectivity index (χ1v) is 27.0. The van der Waals surface area contributed by atoms with Crippen molar-refractivity contribution < 1.29 is 13.3 Å². The Balaban J connectivity index is 0.000000371. The maximum absolute atomic E-state index is 5.72. The quantitative estimate of drug-likeness (QED) is 0.138.